The summed E-state index contributed by atoms with van der Waals surface area (Å²) < 4.78 is 0. The summed E-state index contributed by atoms with van der Waals surface area (Å²) in [5.41, 5.74) is 8.32. The highest BCUT2D eigenvalue weighted by Gasteiger charge is 2.11. The van der Waals surface area contributed by atoms with Crippen LogP contribution in [0, 0.1) is 0 Å². The summed E-state index contributed by atoms with van der Waals surface area (Å²) in [4.78, 5) is 0. The summed E-state index contributed by atoms with van der Waals surface area (Å²) in [6.45, 7) is 4.56. The molecule has 0 spiro atoms. The van der Waals surface area contributed by atoms with Crippen LogP contribution in [0.4, 0.5) is 5.69 Å². The van der Waals surface area contributed by atoms with Gasteiger partial charge in [0.25, 0.3) is 0 Å². The van der Waals surface area contributed by atoms with E-state index in [-0.39, 0.29) is 0 Å². The van der Waals surface area contributed by atoms with E-state index < -0.39 is 0 Å². The lowest BCUT2D eigenvalue weighted by Gasteiger charge is -2.18. The molecule has 0 bridgehead atoms. The second-order valence-electron chi connectivity index (χ2n) is 6.07. The highest BCUT2D eigenvalue weighted by atomic mass is 14.5. The molecule has 0 aliphatic carbocycles. The van der Waals surface area contributed by atoms with Crippen molar-refractivity contribution >= 4 is 5.69 Å². The Bertz CT molecular complexity index is 333. The van der Waals surface area contributed by atoms with Gasteiger partial charge in [-0.25, -0.2) is 0 Å². The first-order chi connectivity index (χ1) is 9.77. The molecule has 0 radical (unpaired) electrons. The van der Waals surface area contributed by atoms with Crippen molar-refractivity contribution < 1.29 is 0 Å². The molecule has 1 nitrogen and oxygen atoms in total. The molecule has 20 heavy (non-hydrogen) atoms. The Morgan fingerprint density at radius 3 is 1.95 bits per heavy atom. The van der Waals surface area contributed by atoms with Crippen molar-refractivity contribution in [2.45, 2.75) is 84.0 Å². The van der Waals surface area contributed by atoms with Gasteiger partial charge in [-0.15, -0.1) is 0 Å². The zero-order valence-electron chi connectivity index (χ0n) is 13.5. The fourth-order valence-electron chi connectivity index (χ4n) is 2.93. The topological polar surface area (TPSA) is 26.0 Å². The predicted octanol–water partition coefficient (Wildman–Crippen LogP) is 6.29. The van der Waals surface area contributed by atoms with E-state index in [9.17, 15) is 0 Å². The lowest BCUT2D eigenvalue weighted by atomic mass is 9.88. The lowest BCUT2D eigenvalue weighted by Crippen LogP contribution is -2.01. The van der Waals surface area contributed by atoms with Crippen LogP contribution in [0.2, 0.25) is 0 Å². The molecule has 114 valence electrons. The number of unbranched alkanes of at least 4 members (excludes halogenated alkanes) is 6. The summed E-state index contributed by atoms with van der Waals surface area (Å²) >= 11 is 0. The minimum Gasteiger partial charge on any atom is -0.399 e. The van der Waals surface area contributed by atoms with Crippen LogP contribution in [0.3, 0.4) is 0 Å². The van der Waals surface area contributed by atoms with E-state index in [0.717, 1.165) is 5.69 Å². The third-order valence-corrected chi connectivity index (χ3v) is 4.19. The molecule has 0 fully saturated rings. The van der Waals surface area contributed by atoms with Gasteiger partial charge in [-0.05, 0) is 36.5 Å². The van der Waals surface area contributed by atoms with E-state index in [1.165, 1.54) is 69.8 Å². The molecule has 2 N–H and O–H groups in total. The lowest BCUT2D eigenvalue weighted by molar-refractivity contribution is 0.496. The van der Waals surface area contributed by atoms with Gasteiger partial charge in [-0.1, -0.05) is 77.3 Å². The summed E-state index contributed by atoms with van der Waals surface area (Å²) in [6.07, 6.45) is 13.5. The van der Waals surface area contributed by atoms with Crippen LogP contribution in [0.25, 0.3) is 0 Å². The molecule has 1 aromatic rings. The smallest absolute Gasteiger partial charge is 0.0316 e. The van der Waals surface area contributed by atoms with Crippen LogP contribution in [0.1, 0.15) is 89.5 Å². The van der Waals surface area contributed by atoms with E-state index >= 15 is 0 Å². The summed E-state index contributed by atoms with van der Waals surface area (Å²) in [7, 11) is 0. The first-order valence-electron chi connectivity index (χ1n) is 8.63. The summed E-state index contributed by atoms with van der Waals surface area (Å²) in [5, 5.41) is 0. The van der Waals surface area contributed by atoms with E-state index in [1.54, 1.807) is 0 Å². The van der Waals surface area contributed by atoms with Crippen LogP contribution in [-0.4, -0.2) is 0 Å². The molecule has 0 amide bonds. The molecule has 0 aliphatic rings. The summed E-state index contributed by atoms with van der Waals surface area (Å²) in [6, 6.07) is 8.55. The maximum absolute atomic E-state index is 5.95. The third kappa shape index (κ3) is 6.98. The van der Waals surface area contributed by atoms with Crippen molar-refractivity contribution in [1.29, 1.82) is 0 Å². The van der Waals surface area contributed by atoms with Gasteiger partial charge >= 0.3 is 0 Å². The van der Waals surface area contributed by atoms with Gasteiger partial charge in [0.1, 0.15) is 0 Å². The number of hydrogen-bond acceptors (Lipinski definition) is 1. The maximum Gasteiger partial charge on any atom is 0.0316 e. The molecule has 1 rings (SSSR count). The van der Waals surface area contributed by atoms with E-state index in [2.05, 4.69) is 32.0 Å². The fraction of sp³-hybridized carbons (Fsp3) is 0.684. The molecule has 0 heterocycles. The largest absolute Gasteiger partial charge is 0.399 e. The van der Waals surface area contributed by atoms with Gasteiger partial charge in [-0.3, -0.25) is 0 Å². The zero-order valence-corrected chi connectivity index (χ0v) is 13.5. The molecule has 0 atom stereocenters. The van der Waals surface area contributed by atoms with Crippen molar-refractivity contribution in [3.8, 4) is 0 Å². The molecular weight excluding hydrogens is 242 g/mol. The monoisotopic (exact) mass is 275 g/mol. The Morgan fingerprint density at radius 2 is 1.45 bits per heavy atom. The first-order valence-corrected chi connectivity index (χ1v) is 8.63. The minimum absolute atomic E-state index is 0.715. The highest BCUT2D eigenvalue weighted by Crippen LogP contribution is 2.29. The second kappa shape index (κ2) is 10.8. The number of nitrogen functional groups attached to an aromatic ring is 1. The highest BCUT2D eigenvalue weighted by molar-refractivity contribution is 5.41. The van der Waals surface area contributed by atoms with Gasteiger partial charge in [0.05, 0.1) is 0 Å². The predicted molar refractivity (Wildman–Crippen MR) is 91.1 cm³/mol. The molecule has 0 aromatic heterocycles. The molecule has 1 heteroatoms. The molecule has 0 unspecified atom stereocenters. The van der Waals surface area contributed by atoms with Gasteiger partial charge in [0.15, 0.2) is 0 Å². The van der Waals surface area contributed by atoms with Crippen LogP contribution < -0.4 is 5.73 Å². The molecule has 1 aromatic carbocycles. The van der Waals surface area contributed by atoms with Crippen LogP contribution in [-0.2, 0) is 0 Å². The zero-order chi connectivity index (χ0) is 14.6. The molecule has 0 saturated carbocycles. The fourth-order valence-corrected chi connectivity index (χ4v) is 2.93. The Kier molecular flexibility index (Phi) is 9.19. The first kappa shape index (κ1) is 17.1. The van der Waals surface area contributed by atoms with Crippen molar-refractivity contribution in [3.05, 3.63) is 29.8 Å². The Morgan fingerprint density at radius 1 is 0.850 bits per heavy atom. The second-order valence-corrected chi connectivity index (χ2v) is 6.07. The number of nitrogens with two attached hydrogens (primary N) is 1. The van der Waals surface area contributed by atoms with Crippen LogP contribution in [0.5, 0.6) is 0 Å². The van der Waals surface area contributed by atoms with Crippen molar-refractivity contribution in [2.75, 3.05) is 5.73 Å². The van der Waals surface area contributed by atoms with Crippen molar-refractivity contribution in [3.63, 3.8) is 0 Å². The number of anilines is 1. The van der Waals surface area contributed by atoms with E-state index in [4.69, 9.17) is 5.73 Å². The quantitative estimate of drug-likeness (QED) is 0.372. The molecule has 0 saturated heterocycles. The third-order valence-electron chi connectivity index (χ3n) is 4.19. The Balaban J connectivity index is 2.49. The maximum atomic E-state index is 5.95. The number of benzene rings is 1. The van der Waals surface area contributed by atoms with E-state index in [0.29, 0.717) is 5.92 Å². The standard InChI is InChI=1S/C19H33N/c1-3-5-7-9-12-17(13-10-8-6-4-2)18-14-11-15-19(20)16-18/h11,14-17H,3-10,12-13,20H2,1-2H3. The average Bonchev–Trinajstić information content (AvgIpc) is 2.45. The molecule has 0 aliphatic heterocycles. The Hall–Kier alpha value is -0.980. The SMILES string of the molecule is CCCCCCC(CCCCCC)c1cccc(N)c1. The van der Waals surface area contributed by atoms with Crippen LogP contribution >= 0.6 is 0 Å². The number of rotatable bonds is 11. The van der Waals surface area contributed by atoms with Crippen molar-refractivity contribution in [1.82, 2.24) is 0 Å². The van der Waals surface area contributed by atoms with Gasteiger partial charge in [0.2, 0.25) is 0 Å². The van der Waals surface area contributed by atoms with Gasteiger partial charge < -0.3 is 5.73 Å². The molecular formula is C19H33N. The summed E-state index contributed by atoms with van der Waals surface area (Å²) in [5.74, 6) is 0.715. The van der Waals surface area contributed by atoms with Gasteiger partial charge in [-0.2, -0.15) is 0 Å². The van der Waals surface area contributed by atoms with Crippen molar-refractivity contribution in [2.24, 2.45) is 0 Å². The minimum atomic E-state index is 0.715. The van der Waals surface area contributed by atoms with Crippen LogP contribution in [0.15, 0.2) is 24.3 Å². The van der Waals surface area contributed by atoms with Gasteiger partial charge in [0, 0.05) is 5.69 Å². The Labute approximate surface area is 126 Å². The average molecular weight is 275 g/mol. The number of hydrogen-bond donors (Lipinski definition) is 1. The normalized spacial score (nSPS) is 11.2. The van der Waals surface area contributed by atoms with E-state index in [1.807, 2.05) is 6.07 Å².